The van der Waals surface area contributed by atoms with E-state index in [-0.39, 0.29) is 35.6 Å². The van der Waals surface area contributed by atoms with E-state index in [1.807, 2.05) is 13.8 Å². The summed E-state index contributed by atoms with van der Waals surface area (Å²) in [6.45, 7) is 10.5. The molecule has 0 saturated heterocycles. The molecule has 0 saturated carbocycles. The van der Waals surface area contributed by atoms with Gasteiger partial charge in [0.15, 0.2) is 0 Å². The van der Waals surface area contributed by atoms with Crippen molar-refractivity contribution in [1.82, 2.24) is 10.6 Å². The summed E-state index contributed by atoms with van der Waals surface area (Å²) in [5.74, 6) is 0.152. The van der Waals surface area contributed by atoms with Crippen molar-refractivity contribution in [3.8, 4) is 0 Å². The number of carbonyl (C=O) groups is 4. The predicted molar refractivity (Wildman–Crippen MR) is 142 cm³/mol. The molecule has 36 heavy (non-hydrogen) atoms. The Morgan fingerprint density at radius 3 is 1.56 bits per heavy atom. The highest BCUT2D eigenvalue weighted by Gasteiger charge is 2.23. The Bertz CT molecular complexity index is 636. The van der Waals surface area contributed by atoms with Gasteiger partial charge in [-0.1, -0.05) is 40.5 Å². The minimum Gasteiger partial charge on any atom is -0.465 e. The third kappa shape index (κ3) is 19.3. The molecule has 2 N–H and O–H groups in total. The number of amides is 1. The van der Waals surface area contributed by atoms with Crippen molar-refractivity contribution in [2.75, 3.05) is 20.3 Å². The zero-order valence-corrected chi connectivity index (χ0v) is 23.7. The normalized spacial score (nSPS) is 12.9. The van der Waals surface area contributed by atoms with E-state index in [9.17, 15) is 19.2 Å². The van der Waals surface area contributed by atoms with Gasteiger partial charge in [0.2, 0.25) is 5.91 Å². The fourth-order valence-electron chi connectivity index (χ4n) is 3.87. The van der Waals surface area contributed by atoms with Crippen LogP contribution in [0.2, 0.25) is 0 Å². The summed E-state index contributed by atoms with van der Waals surface area (Å²) in [6.07, 6.45) is 8.96. The van der Waals surface area contributed by atoms with Crippen LogP contribution in [-0.4, -0.2) is 56.0 Å². The number of Topliss-reactive ketones (excluding diaryl/α,β-unsaturated/α-hetero) is 1. The summed E-state index contributed by atoms with van der Waals surface area (Å²) in [5, 5.41) is 5.85. The monoisotopic (exact) mass is 512 g/mol. The Balaban J connectivity index is 4.10. The number of hydrogen-bond donors (Lipinski definition) is 2. The molecule has 1 amide bonds. The lowest BCUT2D eigenvalue weighted by Gasteiger charge is -2.19. The van der Waals surface area contributed by atoms with Crippen LogP contribution in [0, 0.1) is 11.8 Å². The number of ketones is 1. The first-order chi connectivity index (χ1) is 17.1. The molecular formula is C28H52N2O6. The third-order valence-corrected chi connectivity index (χ3v) is 5.88. The van der Waals surface area contributed by atoms with E-state index in [0.29, 0.717) is 38.4 Å². The van der Waals surface area contributed by atoms with Crippen LogP contribution in [-0.2, 0) is 28.7 Å². The van der Waals surface area contributed by atoms with Gasteiger partial charge in [-0.25, -0.2) is 4.79 Å². The van der Waals surface area contributed by atoms with Gasteiger partial charge in [0.05, 0.1) is 13.2 Å². The van der Waals surface area contributed by atoms with Crippen LogP contribution in [0.15, 0.2) is 0 Å². The Morgan fingerprint density at radius 2 is 1.08 bits per heavy atom. The number of nitrogens with one attached hydrogen (secondary N) is 2. The van der Waals surface area contributed by atoms with Crippen molar-refractivity contribution in [2.24, 2.45) is 11.8 Å². The highest BCUT2D eigenvalue weighted by molar-refractivity contribution is 5.84. The van der Waals surface area contributed by atoms with Crippen LogP contribution < -0.4 is 10.6 Å². The molecule has 0 bridgehead atoms. The molecule has 0 aliphatic rings. The molecule has 0 spiro atoms. The molecule has 210 valence electrons. The van der Waals surface area contributed by atoms with E-state index in [2.05, 4.69) is 24.5 Å². The van der Waals surface area contributed by atoms with Gasteiger partial charge in [-0.3, -0.25) is 9.59 Å². The first-order valence-electron chi connectivity index (χ1n) is 13.9. The van der Waals surface area contributed by atoms with Crippen LogP contribution >= 0.6 is 0 Å². The molecule has 0 heterocycles. The van der Waals surface area contributed by atoms with Gasteiger partial charge in [0.25, 0.3) is 0 Å². The van der Waals surface area contributed by atoms with E-state index in [4.69, 9.17) is 9.47 Å². The lowest BCUT2D eigenvalue weighted by molar-refractivity contribution is -0.148. The second-order valence-electron chi connectivity index (χ2n) is 10.6. The number of hydrogen-bond acceptors (Lipinski definition) is 7. The van der Waals surface area contributed by atoms with Crippen LogP contribution in [0.5, 0.6) is 0 Å². The lowest BCUT2D eigenvalue weighted by Crippen LogP contribution is -2.42. The summed E-state index contributed by atoms with van der Waals surface area (Å²) in [4.78, 5) is 47.9. The van der Waals surface area contributed by atoms with Crippen molar-refractivity contribution >= 4 is 23.6 Å². The molecule has 0 fully saturated rings. The minimum atomic E-state index is -0.624. The summed E-state index contributed by atoms with van der Waals surface area (Å²) < 4.78 is 10.8. The van der Waals surface area contributed by atoms with E-state index >= 15 is 0 Å². The molecule has 2 atom stereocenters. The van der Waals surface area contributed by atoms with Gasteiger partial charge in [0.1, 0.15) is 17.9 Å². The van der Waals surface area contributed by atoms with E-state index in [0.717, 1.165) is 57.8 Å². The maximum atomic E-state index is 12.5. The van der Waals surface area contributed by atoms with Gasteiger partial charge < -0.3 is 24.9 Å². The topological polar surface area (TPSA) is 111 Å². The fourth-order valence-corrected chi connectivity index (χ4v) is 3.87. The average molecular weight is 513 g/mol. The van der Waals surface area contributed by atoms with Crippen LogP contribution in [0.3, 0.4) is 0 Å². The zero-order valence-electron chi connectivity index (χ0n) is 23.7. The van der Waals surface area contributed by atoms with Crippen molar-refractivity contribution in [3.63, 3.8) is 0 Å². The molecule has 0 aliphatic heterocycles. The Kier molecular flexibility index (Phi) is 20.0. The molecule has 8 heteroatoms. The van der Waals surface area contributed by atoms with Gasteiger partial charge in [0, 0.05) is 12.8 Å². The highest BCUT2D eigenvalue weighted by Crippen LogP contribution is 2.11. The van der Waals surface area contributed by atoms with E-state index < -0.39 is 6.04 Å². The Hall–Kier alpha value is -1.96. The average Bonchev–Trinajstić information content (AvgIpc) is 2.79. The maximum Gasteiger partial charge on any atom is 0.328 e. The van der Waals surface area contributed by atoms with Gasteiger partial charge in [-0.2, -0.15) is 0 Å². The number of carbonyl (C=O) groups excluding carboxylic acids is 4. The number of unbranched alkanes of at least 4 members (excludes halogenated alkanes) is 6. The summed E-state index contributed by atoms with van der Waals surface area (Å²) in [6, 6.07) is -0.887. The molecule has 8 nitrogen and oxygen atoms in total. The van der Waals surface area contributed by atoms with Crippen LogP contribution in [0.4, 0.5) is 0 Å². The van der Waals surface area contributed by atoms with Crippen molar-refractivity contribution in [3.05, 3.63) is 0 Å². The van der Waals surface area contributed by atoms with Gasteiger partial charge >= 0.3 is 11.9 Å². The first-order valence-corrected chi connectivity index (χ1v) is 13.9. The molecule has 0 aliphatic carbocycles. The SMILES string of the molecule is CNC(CC(C)C)C(=O)OCCCCCCOC(=O)C(CC(C)C)NC(=O)CCCCCCC(C)=O. The predicted octanol–water partition coefficient (Wildman–Crippen LogP) is 4.73. The molecular weight excluding hydrogens is 460 g/mol. The third-order valence-electron chi connectivity index (χ3n) is 5.88. The number of ether oxygens (including phenoxy) is 2. The Morgan fingerprint density at radius 1 is 0.639 bits per heavy atom. The molecule has 0 aromatic heterocycles. The number of rotatable bonds is 22. The Labute approximate surface area is 219 Å². The van der Waals surface area contributed by atoms with Crippen LogP contribution in [0.1, 0.15) is 112 Å². The van der Waals surface area contributed by atoms with Crippen molar-refractivity contribution in [2.45, 2.75) is 124 Å². The van der Waals surface area contributed by atoms with E-state index in [1.165, 1.54) is 0 Å². The molecule has 0 aromatic rings. The maximum absolute atomic E-state index is 12.5. The smallest absolute Gasteiger partial charge is 0.328 e. The molecule has 2 unspecified atom stereocenters. The van der Waals surface area contributed by atoms with Crippen molar-refractivity contribution < 1.29 is 28.7 Å². The molecule has 0 rings (SSSR count). The van der Waals surface area contributed by atoms with Crippen LogP contribution in [0.25, 0.3) is 0 Å². The molecule has 0 radical (unpaired) electrons. The fraction of sp³-hybridized carbons (Fsp3) is 0.857. The molecule has 0 aromatic carbocycles. The van der Waals surface area contributed by atoms with Crippen molar-refractivity contribution in [1.29, 1.82) is 0 Å². The standard InChI is InChI=1S/C28H52N2O6/c1-21(2)19-24(29-6)27(33)35-17-13-9-10-14-18-36-28(34)25(20-22(3)4)30-26(32)16-12-8-7-11-15-23(5)31/h21-22,24-25,29H,7-20H2,1-6H3,(H,30,32). The number of esters is 2. The number of likely N-dealkylation sites (N-methyl/N-ethyl adjacent to an activating group) is 1. The van der Waals surface area contributed by atoms with E-state index in [1.54, 1.807) is 14.0 Å². The highest BCUT2D eigenvalue weighted by atomic mass is 16.5. The van der Waals surface area contributed by atoms with Gasteiger partial charge in [-0.15, -0.1) is 0 Å². The zero-order chi connectivity index (χ0) is 27.3. The lowest BCUT2D eigenvalue weighted by atomic mass is 10.0. The summed E-state index contributed by atoms with van der Waals surface area (Å²) in [7, 11) is 1.77. The van der Waals surface area contributed by atoms with Gasteiger partial charge in [-0.05, 0) is 77.2 Å². The second kappa shape index (κ2) is 21.2. The minimum absolute atomic E-state index is 0.132. The quantitative estimate of drug-likeness (QED) is 0.159. The largest absolute Gasteiger partial charge is 0.465 e. The summed E-state index contributed by atoms with van der Waals surface area (Å²) >= 11 is 0. The first kappa shape index (κ1) is 34.0. The summed E-state index contributed by atoms with van der Waals surface area (Å²) in [5.41, 5.74) is 0. The second-order valence-corrected chi connectivity index (χ2v) is 10.6.